The molecule has 0 spiro atoms. The van der Waals surface area contributed by atoms with E-state index in [1.165, 1.54) is 0 Å². The Labute approximate surface area is 101 Å². The number of allylic oxidation sites excluding steroid dienone is 2. The standard InChI is InChI=1S/C13H19NO3/c1-3-14(4-2)12(15)10-8-5-6-9(7-8)11(10)13(16)17/h5-6,8-11H,3-4,7H2,1-2H3,(H,16,17)/t8-,9+,10+,11+/m1/s1. The topological polar surface area (TPSA) is 57.6 Å². The smallest absolute Gasteiger partial charge is 0.307 e. The van der Waals surface area contributed by atoms with Crippen LogP contribution in [0.15, 0.2) is 12.2 Å². The molecule has 94 valence electrons. The second-order valence-electron chi connectivity index (χ2n) is 4.85. The number of aliphatic carboxylic acids is 1. The van der Waals surface area contributed by atoms with Crippen LogP contribution in [0, 0.1) is 23.7 Å². The van der Waals surface area contributed by atoms with Crippen molar-refractivity contribution in [2.75, 3.05) is 13.1 Å². The molecular formula is C13H19NO3. The Kier molecular flexibility index (Phi) is 3.22. The van der Waals surface area contributed by atoms with E-state index < -0.39 is 11.9 Å². The summed E-state index contributed by atoms with van der Waals surface area (Å²) in [5.41, 5.74) is 0. The fraction of sp³-hybridized carbons (Fsp3) is 0.692. The van der Waals surface area contributed by atoms with Crippen molar-refractivity contribution in [1.82, 2.24) is 4.90 Å². The van der Waals surface area contributed by atoms with Crippen LogP contribution >= 0.6 is 0 Å². The van der Waals surface area contributed by atoms with E-state index in [1.54, 1.807) is 4.90 Å². The summed E-state index contributed by atoms with van der Waals surface area (Å²) in [5, 5.41) is 9.28. The summed E-state index contributed by atoms with van der Waals surface area (Å²) in [6, 6.07) is 0. The third kappa shape index (κ3) is 1.85. The SMILES string of the molecule is CCN(CC)C(=O)[C@@H]1[C@@H](C(=O)O)[C@H]2C=C[C@@H]1C2. The first kappa shape index (κ1) is 12.1. The highest BCUT2D eigenvalue weighted by molar-refractivity contribution is 5.86. The van der Waals surface area contributed by atoms with Gasteiger partial charge in [0.25, 0.3) is 0 Å². The lowest BCUT2D eigenvalue weighted by atomic mass is 9.82. The van der Waals surface area contributed by atoms with Crippen LogP contribution in [0.2, 0.25) is 0 Å². The lowest BCUT2D eigenvalue weighted by Crippen LogP contribution is -2.42. The fourth-order valence-electron chi connectivity index (χ4n) is 3.24. The van der Waals surface area contributed by atoms with Crippen molar-refractivity contribution in [3.05, 3.63) is 12.2 Å². The van der Waals surface area contributed by atoms with Crippen molar-refractivity contribution in [2.24, 2.45) is 23.7 Å². The minimum atomic E-state index is -0.827. The predicted octanol–water partition coefficient (Wildman–Crippen LogP) is 1.38. The van der Waals surface area contributed by atoms with Gasteiger partial charge in [0.2, 0.25) is 5.91 Å². The lowest BCUT2D eigenvalue weighted by Gasteiger charge is -2.29. The van der Waals surface area contributed by atoms with E-state index in [1.807, 2.05) is 26.0 Å². The molecule has 1 amide bonds. The number of carbonyl (C=O) groups is 2. The molecular weight excluding hydrogens is 218 g/mol. The second-order valence-corrected chi connectivity index (χ2v) is 4.85. The average Bonchev–Trinajstić information content (AvgIpc) is 2.89. The van der Waals surface area contributed by atoms with Gasteiger partial charge in [-0.05, 0) is 32.1 Å². The molecule has 0 saturated heterocycles. The molecule has 4 heteroatoms. The molecule has 0 aromatic carbocycles. The minimum absolute atomic E-state index is 0.0132. The zero-order valence-electron chi connectivity index (χ0n) is 10.3. The van der Waals surface area contributed by atoms with Gasteiger partial charge in [-0.2, -0.15) is 0 Å². The summed E-state index contributed by atoms with van der Waals surface area (Å²) < 4.78 is 0. The first-order chi connectivity index (χ1) is 8.10. The Morgan fingerprint density at radius 2 is 1.71 bits per heavy atom. The molecule has 0 heterocycles. The summed E-state index contributed by atoms with van der Waals surface area (Å²) in [6.45, 7) is 5.17. The van der Waals surface area contributed by atoms with Gasteiger partial charge >= 0.3 is 5.97 Å². The molecule has 0 radical (unpaired) electrons. The van der Waals surface area contributed by atoms with Gasteiger partial charge in [0.15, 0.2) is 0 Å². The highest BCUT2D eigenvalue weighted by Gasteiger charge is 2.52. The molecule has 1 N–H and O–H groups in total. The Balaban J connectivity index is 2.22. The maximum absolute atomic E-state index is 12.3. The third-order valence-corrected chi connectivity index (χ3v) is 4.10. The molecule has 4 atom stereocenters. The van der Waals surface area contributed by atoms with Gasteiger partial charge in [-0.15, -0.1) is 0 Å². The number of amides is 1. The molecule has 1 fully saturated rings. The molecule has 4 nitrogen and oxygen atoms in total. The van der Waals surface area contributed by atoms with E-state index in [2.05, 4.69) is 0 Å². The van der Waals surface area contributed by atoms with Crippen molar-refractivity contribution >= 4 is 11.9 Å². The number of carboxylic acid groups (broad SMARTS) is 1. The van der Waals surface area contributed by atoms with Gasteiger partial charge in [-0.25, -0.2) is 0 Å². The van der Waals surface area contributed by atoms with E-state index in [-0.39, 0.29) is 23.7 Å². The van der Waals surface area contributed by atoms with Crippen LogP contribution in [0.5, 0.6) is 0 Å². The predicted molar refractivity (Wildman–Crippen MR) is 63.3 cm³/mol. The van der Waals surface area contributed by atoms with Crippen LogP contribution < -0.4 is 0 Å². The molecule has 1 saturated carbocycles. The summed E-state index contributed by atoms with van der Waals surface area (Å²) in [6.07, 6.45) is 4.82. The number of hydrogen-bond acceptors (Lipinski definition) is 2. The van der Waals surface area contributed by atoms with Gasteiger partial charge in [-0.1, -0.05) is 12.2 Å². The van der Waals surface area contributed by atoms with Crippen LogP contribution in [0.3, 0.4) is 0 Å². The van der Waals surface area contributed by atoms with Crippen molar-refractivity contribution in [2.45, 2.75) is 20.3 Å². The zero-order chi connectivity index (χ0) is 12.6. The van der Waals surface area contributed by atoms with E-state index in [0.29, 0.717) is 13.1 Å². The van der Waals surface area contributed by atoms with Gasteiger partial charge in [0.1, 0.15) is 0 Å². The average molecular weight is 237 g/mol. The van der Waals surface area contributed by atoms with E-state index >= 15 is 0 Å². The van der Waals surface area contributed by atoms with Gasteiger partial charge in [0.05, 0.1) is 11.8 Å². The second kappa shape index (κ2) is 4.51. The summed E-state index contributed by atoms with van der Waals surface area (Å²) in [7, 11) is 0. The monoisotopic (exact) mass is 237 g/mol. The lowest BCUT2D eigenvalue weighted by molar-refractivity contribution is -0.150. The Bertz CT molecular complexity index is 360. The van der Waals surface area contributed by atoms with Crippen LogP contribution in [0.25, 0.3) is 0 Å². The van der Waals surface area contributed by atoms with E-state index in [4.69, 9.17) is 0 Å². The van der Waals surface area contributed by atoms with Gasteiger partial charge in [0, 0.05) is 13.1 Å². The van der Waals surface area contributed by atoms with Crippen LogP contribution in [0.4, 0.5) is 0 Å². The number of rotatable bonds is 4. The molecule has 0 aromatic heterocycles. The normalized spacial score (nSPS) is 34.0. The Morgan fingerprint density at radius 1 is 1.18 bits per heavy atom. The van der Waals surface area contributed by atoms with Crippen LogP contribution in [0.1, 0.15) is 20.3 Å². The highest BCUT2D eigenvalue weighted by atomic mass is 16.4. The van der Waals surface area contributed by atoms with Crippen LogP contribution in [-0.4, -0.2) is 35.0 Å². The number of carbonyl (C=O) groups excluding carboxylic acids is 1. The first-order valence-electron chi connectivity index (χ1n) is 6.30. The maximum Gasteiger partial charge on any atom is 0.307 e. The number of hydrogen-bond donors (Lipinski definition) is 1. The number of nitrogens with zero attached hydrogens (tertiary/aromatic N) is 1. The molecule has 0 aromatic rings. The minimum Gasteiger partial charge on any atom is -0.481 e. The maximum atomic E-state index is 12.3. The fourth-order valence-corrected chi connectivity index (χ4v) is 3.24. The van der Waals surface area contributed by atoms with Gasteiger partial charge in [-0.3, -0.25) is 9.59 Å². The van der Waals surface area contributed by atoms with Crippen molar-refractivity contribution in [3.63, 3.8) is 0 Å². The summed E-state index contributed by atoms with van der Waals surface area (Å²) >= 11 is 0. The van der Waals surface area contributed by atoms with Crippen molar-refractivity contribution < 1.29 is 14.7 Å². The van der Waals surface area contributed by atoms with E-state index in [0.717, 1.165) is 6.42 Å². The molecule has 0 aliphatic heterocycles. The molecule has 2 rings (SSSR count). The Morgan fingerprint density at radius 3 is 2.18 bits per heavy atom. The zero-order valence-corrected chi connectivity index (χ0v) is 10.3. The molecule has 0 unspecified atom stereocenters. The summed E-state index contributed by atoms with van der Waals surface area (Å²) in [4.78, 5) is 25.4. The third-order valence-electron chi connectivity index (χ3n) is 4.10. The van der Waals surface area contributed by atoms with Gasteiger partial charge < -0.3 is 10.0 Å². The Hall–Kier alpha value is -1.32. The molecule has 2 aliphatic carbocycles. The molecule has 2 bridgehead atoms. The van der Waals surface area contributed by atoms with Crippen molar-refractivity contribution in [1.29, 1.82) is 0 Å². The van der Waals surface area contributed by atoms with Crippen LogP contribution in [-0.2, 0) is 9.59 Å². The molecule has 17 heavy (non-hydrogen) atoms. The quantitative estimate of drug-likeness (QED) is 0.751. The largest absolute Gasteiger partial charge is 0.481 e. The molecule has 2 aliphatic rings. The summed E-state index contributed by atoms with van der Waals surface area (Å²) in [5.74, 6) is -1.48. The first-order valence-corrected chi connectivity index (χ1v) is 6.30. The number of carboxylic acids is 1. The van der Waals surface area contributed by atoms with E-state index in [9.17, 15) is 14.7 Å². The number of fused-ring (bicyclic) bond motifs is 2. The highest BCUT2D eigenvalue weighted by Crippen LogP contribution is 2.48. The van der Waals surface area contributed by atoms with Crippen molar-refractivity contribution in [3.8, 4) is 0 Å².